The number of rotatable bonds is 3. The van der Waals surface area contributed by atoms with Crippen LogP contribution in [0.2, 0.25) is 0 Å². The zero-order valence-electron chi connectivity index (χ0n) is 7.64. The molecule has 0 radical (unpaired) electrons. The van der Waals surface area contributed by atoms with Gasteiger partial charge in [-0.25, -0.2) is 0 Å². The summed E-state index contributed by atoms with van der Waals surface area (Å²) in [5.41, 5.74) is 0. The Morgan fingerprint density at radius 3 is 2.92 bits per heavy atom. The number of carbonyl (C=O) groups excluding carboxylic acids is 1. The van der Waals surface area contributed by atoms with Gasteiger partial charge in [0.05, 0.1) is 0 Å². The first-order chi connectivity index (χ1) is 6.24. The van der Waals surface area contributed by atoms with E-state index in [9.17, 15) is 9.90 Å². The van der Waals surface area contributed by atoms with Crippen molar-refractivity contribution in [3.8, 4) is 0 Å². The fourth-order valence-electron chi connectivity index (χ4n) is 1.20. The van der Waals surface area contributed by atoms with Gasteiger partial charge >= 0.3 is 5.97 Å². The molecule has 1 N–H and O–H groups in total. The average molecular weight is 182 g/mol. The summed E-state index contributed by atoms with van der Waals surface area (Å²) in [7, 11) is 0. The smallest absolute Gasteiger partial charge is 0.306 e. The predicted molar refractivity (Wildman–Crippen MR) is 49.1 cm³/mol. The molecule has 1 fully saturated rings. The number of aliphatic hydroxyl groups is 1. The molecule has 3 heteroatoms. The molecule has 1 saturated heterocycles. The van der Waals surface area contributed by atoms with E-state index in [2.05, 4.69) is 0 Å². The first-order valence-corrected chi connectivity index (χ1v) is 4.41. The molecule has 0 bridgehead atoms. The van der Waals surface area contributed by atoms with Crippen LogP contribution < -0.4 is 0 Å². The first-order valence-electron chi connectivity index (χ1n) is 4.41. The van der Waals surface area contributed by atoms with Gasteiger partial charge in [-0.3, -0.25) is 4.79 Å². The predicted octanol–water partition coefficient (Wildman–Crippen LogP) is 1.19. The van der Waals surface area contributed by atoms with Crippen molar-refractivity contribution >= 4 is 5.97 Å². The molecule has 0 spiro atoms. The zero-order chi connectivity index (χ0) is 9.68. The molecule has 3 nitrogen and oxygen atoms in total. The van der Waals surface area contributed by atoms with Crippen LogP contribution in [-0.4, -0.2) is 23.3 Å². The molecule has 0 aromatic rings. The van der Waals surface area contributed by atoms with Gasteiger partial charge in [0, 0.05) is 6.42 Å². The second kappa shape index (κ2) is 4.82. The Morgan fingerprint density at radius 2 is 2.38 bits per heavy atom. The number of esters is 1. The van der Waals surface area contributed by atoms with E-state index in [1.54, 1.807) is 12.2 Å². The minimum absolute atomic E-state index is 0.219. The average Bonchev–Trinajstić information content (AvgIpc) is 2.52. The SMILES string of the molecule is C/C=C/C=C\[C@H](O)C1CCC(=O)O1. The van der Waals surface area contributed by atoms with Gasteiger partial charge < -0.3 is 9.84 Å². The van der Waals surface area contributed by atoms with E-state index in [0.29, 0.717) is 12.8 Å². The molecule has 0 aromatic carbocycles. The largest absolute Gasteiger partial charge is 0.459 e. The van der Waals surface area contributed by atoms with E-state index in [-0.39, 0.29) is 12.1 Å². The van der Waals surface area contributed by atoms with E-state index >= 15 is 0 Å². The molecule has 13 heavy (non-hydrogen) atoms. The van der Waals surface area contributed by atoms with Crippen LogP contribution in [0.15, 0.2) is 24.3 Å². The molecule has 0 saturated carbocycles. The lowest BCUT2D eigenvalue weighted by atomic mass is 10.1. The van der Waals surface area contributed by atoms with Crippen LogP contribution in [0.3, 0.4) is 0 Å². The highest BCUT2D eigenvalue weighted by atomic mass is 16.6. The lowest BCUT2D eigenvalue weighted by Gasteiger charge is -2.12. The van der Waals surface area contributed by atoms with Crippen molar-refractivity contribution in [3.05, 3.63) is 24.3 Å². The van der Waals surface area contributed by atoms with Crippen LogP contribution in [0, 0.1) is 0 Å². The molecule has 1 heterocycles. The third-order valence-electron chi connectivity index (χ3n) is 1.91. The molecule has 0 amide bonds. The molecule has 1 aliphatic rings. The van der Waals surface area contributed by atoms with E-state index < -0.39 is 6.10 Å². The van der Waals surface area contributed by atoms with Crippen LogP contribution in [0.25, 0.3) is 0 Å². The molecule has 1 rings (SSSR count). The molecule has 0 aromatic heterocycles. The maximum atomic E-state index is 10.7. The maximum absolute atomic E-state index is 10.7. The van der Waals surface area contributed by atoms with Crippen LogP contribution in [0.4, 0.5) is 0 Å². The van der Waals surface area contributed by atoms with Crippen LogP contribution >= 0.6 is 0 Å². The highest BCUT2D eigenvalue weighted by Crippen LogP contribution is 2.17. The lowest BCUT2D eigenvalue weighted by molar-refractivity contribution is -0.144. The van der Waals surface area contributed by atoms with Crippen LogP contribution in [0.5, 0.6) is 0 Å². The molecule has 1 aliphatic heterocycles. The Labute approximate surface area is 77.7 Å². The first kappa shape index (κ1) is 9.99. The topological polar surface area (TPSA) is 46.5 Å². The fraction of sp³-hybridized carbons (Fsp3) is 0.500. The van der Waals surface area contributed by atoms with Gasteiger partial charge in [0.1, 0.15) is 12.2 Å². The summed E-state index contributed by atoms with van der Waals surface area (Å²) in [5.74, 6) is -0.219. The van der Waals surface area contributed by atoms with Gasteiger partial charge in [0.2, 0.25) is 0 Å². The van der Waals surface area contributed by atoms with E-state index in [1.807, 2.05) is 19.1 Å². The van der Waals surface area contributed by atoms with Crippen LogP contribution in [0.1, 0.15) is 19.8 Å². The third-order valence-corrected chi connectivity index (χ3v) is 1.91. The summed E-state index contributed by atoms with van der Waals surface area (Å²) < 4.78 is 4.89. The third kappa shape index (κ3) is 3.03. The number of hydrogen-bond donors (Lipinski definition) is 1. The van der Waals surface area contributed by atoms with Crippen molar-refractivity contribution < 1.29 is 14.6 Å². The zero-order valence-corrected chi connectivity index (χ0v) is 7.64. The Morgan fingerprint density at radius 1 is 1.62 bits per heavy atom. The maximum Gasteiger partial charge on any atom is 0.306 e. The van der Waals surface area contributed by atoms with Crippen molar-refractivity contribution in [1.29, 1.82) is 0 Å². The second-order valence-corrected chi connectivity index (χ2v) is 2.97. The van der Waals surface area contributed by atoms with Crippen LogP contribution in [-0.2, 0) is 9.53 Å². The summed E-state index contributed by atoms with van der Waals surface area (Å²) in [6.07, 6.45) is 7.06. The number of cyclic esters (lactones) is 1. The number of aliphatic hydroxyl groups excluding tert-OH is 1. The van der Waals surface area contributed by atoms with Crippen molar-refractivity contribution in [2.24, 2.45) is 0 Å². The summed E-state index contributed by atoms with van der Waals surface area (Å²) in [5, 5.41) is 9.50. The summed E-state index contributed by atoms with van der Waals surface area (Å²) >= 11 is 0. The standard InChI is InChI=1S/C10H14O3/c1-2-3-4-5-8(11)9-6-7-10(12)13-9/h2-5,8-9,11H,6-7H2,1H3/b3-2+,5-4-/t8-,9?/m0/s1. The van der Waals surface area contributed by atoms with E-state index in [0.717, 1.165) is 0 Å². The minimum Gasteiger partial charge on any atom is -0.459 e. The Bertz CT molecular complexity index is 230. The van der Waals surface area contributed by atoms with Crippen molar-refractivity contribution in [3.63, 3.8) is 0 Å². The number of hydrogen-bond acceptors (Lipinski definition) is 3. The summed E-state index contributed by atoms with van der Waals surface area (Å²) in [6.45, 7) is 1.90. The number of ether oxygens (including phenoxy) is 1. The Balaban J connectivity index is 2.39. The quantitative estimate of drug-likeness (QED) is 0.526. The monoisotopic (exact) mass is 182 g/mol. The highest BCUT2D eigenvalue weighted by Gasteiger charge is 2.27. The molecular formula is C10H14O3. The number of allylic oxidation sites excluding steroid dienone is 3. The van der Waals surface area contributed by atoms with Gasteiger partial charge in [-0.1, -0.05) is 24.3 Å². The van der Waals surface area contributed by atoms with Gasteiger partial charge in [0.15, 0.2) is 0 Å². The van der Waals surface area contributed by atoms with Crippen molar-refractivity contribution in [2.45, 2.75) is 32.0 Å². The highest BCUT2D eigenvalue weighted by molar-refractivity contribution is 5.71. The Hall–Kier alpha value is -1.09. The Kier molecular flexibility index (Phi) is 3.71. The van der Waals surface area contributed by atoms with Gasteiger partial charge in [-0.05, 0) is 13.3 Å². The normalized spacial score (nSPS) is 25.7. The molecule has 1 unspecified atom stereocenters. The van der Waals surface area contributed by atoms with Gasteiger partial charge in [-0.2, -0.15) is 0 Å². The second-order valence-electron chi connectivity index (χ2n) is 2.97. The fourth-order valence-corrected chi connectivity index (χ4v) is 1.20. The summed E-state index contributed by atoms with van der Waals surface area (Å²) in [4.78, 5) is 10.7. The van der Waals surface area contributed by atoms with Gasteiger partial charge in [-0.15, -0.1) is 0 Å². The lowest BCUT2D eigenvalue weighted by Crippen LogP contribution is -2.23. The molecular weight excluding hydrogens is 168 g/mol. The van der Waals surface area contributed by atoms with Crippen molar-refractivity contribution in [1.82, 2.24) is 0 Å². The molecule has 2 atom stereocenters. The van der Waals surface area contributed by atoms with Crippen molar-refractivity contribution in [2.75, 3.05) is 0 Å². The van der Waals surface area contributed by atoms with Gasteiger partial charge in [0.25, 0.3) is 0 Å². The molecule has 72 valence electrons. The number of carbonyl (C=O) groups is 1. The minimum atomic E-state index is -0.678. The van der Waals surface area contributed by atoms with E-state index in [4.69, 9.17) is 4.74 Å². The van der Waals surface area contributed by atoms with E-state index in [1.165, 1.54) is 0 Å². The summed E-state index contributed by atoms with van der Waals surface area (Å²) in [6, 6.07) is 0. The molecule has 0 aliphatic carbocycles.